The summed E-state index contributed by atoms with van der Waals surface area (Å²) in [5.41, 5.74) is 1.52. The van der Waals surface area contributed by atoms with Gasteiger partial charge in [-0.25, -0.2) is 4.79 Å². The Morgan fingerprint density at radius 2 is 1.69 bits per heavy atom. The normalized spacial score (nSPS) is 14.8. The van der Waals surface area contributed by atoms with Gasteiger partial charge >= 0.3 is 5.97 Å². The third kappa shape index (κ3) is 2.99. The van der Waals surface area contributed by atoms with E-state index in [0.29, 0.717) is 16.4 Å². The minimum absolute atomic E-state index is 0.0823. The molecule has 0 atom stereocenters. The van der Waals surface area contributed by atoms with Crippen LogP contribution in [-0.4, -0.2) is 41.8 Å². The van der Waals surface area contributed by atoms with Crippen LogP contribution in [0.5, 0.6) is 0 Å². The van der Waals surface area contributed by atoms with Crippen molar-refractivity contribution in [3.63, 3.8) is 0 Å². The van der Waals surface area contributed by atoms with Gasteiger partial charge in [0.05, 0.1) is 16.0 Å². The average molecular weight is 366 g/mol. The highest BCUT2D eigenvalue weighted by Crippen LogP contribution is 2.53. The van der Waals surface area contributed by atoms with Gasteiger partial charge in [0.25, 0.3) is 0 Å². The van der Waals surface area contributed by atoms with Crippen LogP contribution in [0, 0.1) is 0 Å². The SMILES string of the molecule is O=C(O)c1ccc(-n2nnnc2SC2(C(=O)c3ccccc3)CC2)cc1. The minimum atomic E-state index is -0.992. The number of carboxylic acids is 1. The molecule has 0 spiro atoms. The number of Topliss-reactive ketones (excluding diaryl/α,β-unsaturated/α-hetero) is 1. The Morgan fingerprint density at radius 3 is 2.31 bits per heavy atom. The lowest BCUT2D eigenvalue weighted by Crippen LogP contribution is -2.19. The molecule has 1 aliphatic carbocycles. The number of carboxylic acid groups (broad SMARTS) is 1. The third-order valence-electron chi connectivity index (χ3n) is 4.24. The fraction of sp³-hybridized carbons (Fsp3) is 0.167. The van der Waals surface area contributed by atoms with Crippen molar-refractivity contribution in [1.29, 1.82) is 0 Å². The Balaban J connectivity index is 1.60. The number of hydrogen-bond donors (Lipinski definition) is 1. The van der Waals surface area contributed by atoms with Crippen LogP contribution in [0.25, 0.3) is 5.69 Å². The van der Waals surface area contributed by atoms with Gasteiger partial charge < -0.3 is 5.11 Å². The molecule has 26 heavy (non-hydrogen) atoms. The molecule has 3 aromatic rings. The van der Waals surface area contributed by atoms with Gasteiger partial charge in [0.2, 0.25) is 5.16 Å². The van der Waals surface area contributed by atoms with E-state index in [4.69, 9.17) is 5.11 Å². The molecule has 4 rings (SSSR count). The summed E-state index contributed by atoms with van der Waals surface area (Å²) in [5, 5.41) is 21.3. The van der Waals surface area contributed by atoms with E-state index in [1.54, 1.807) is 12.1 Å². The van der Waals surface area contributed by atoms with Crippen molar-refractivity contribution in [3.8, 4) is 5.69 Å². The summed E-state index contributed by atoms with van der Waals surface area (Å²) in [5.74, 6) is -0.910. The van der Waals surface area contributed by atoms with Gasteiger partial charge in [-0.1, -0.05) is 42.1 Å². The summed E-state index contributed by atoms with van der Waals surface area (Å²) in [4.78, 5) is 23.8. The fourth-order valence-corrected chi connectivity index (χ4v) is 3.84. The van der Waals surface area contributed by atoms with E-state index >= 15 is 0 Å². The van der Waals surface area contributed by atoms with Crippen LogP contribution >= 0.6 is 11.8 Å². The van der Waals surface area contributed by atoms with Crippen LogP contribution in [0.15, 0.2) is 59.8 Å². The van der Waals surface area contributed by atoms with E-state index in [0.717, 1.165) is 12.8 Å². The average Bonchev–Trinajstić information content (AvgIpc) is 3.31. The van der Waals surface area contributed by atoms with E-state index in [1.165, 1.54) is 28.6 Å². The van der Waals surface area contributed by atoms with Crippen LogP contribution in [0.1, 0.15) is 33.6 Å². The molecule has 1 heterocycles. The summed E-state index contributed by atoms with van der Waals surface area (Å²) in [6.45, 7) is 0. The summed E-state index contributed by atoms with van der Waals surface area (Å²) in [6.07, 6.45) is 1.55. The zero-order chi connectivity index (χ0) is 18.1. The van der Waals surface area contributed by atoms with Gasteiger partial charge in [0.1, 0.15) is 0 Å². The number of aromatic nitrogens is 4. The van der Waals surface area contributed by atoms with Crippen LogP contribution in [0.3, 0.4) is 0 Å². The topological polar surface area (TPSA) is 98.0 Å². The molecule has 7 nitrogen and oxygen atoms in total. The summed E-state index contributed by atoms with van der Waals surface area (Å²) in [6, 6.07) is 15.5. The van der Waals surface area contributed by atoms with Gasteiger partial charge in [0, 0.05) is 5.56 Å². The van der Waals surface area contributed by atoms with Gasteiger partial charge in [-0.3, -0.25) is 4.79 Å². The van der Waals surface area contributed by atoms with Crippen molar-refractivity contribution in [3.05, 3.63) is 65.7 Å². The molecular formula is C18H14N4O3S. The van der Waals surface area contributed by atoms with Gasteiger partial charge in [-0.2, -0.15) is 4.68 Å². The molecule has 1 fully saturated rings. The van der Waals surface area contributed by atoms with Crippen LogP contribution in [0.4, 0.5) is 0 Å². The highest BCUT2D eigenvalue weighted by atomic mass is 32.2. The first-order chi connectivity index (χ1) is 12.6. The van der Waals surface area contributed by atoms with Crippen molar-refractivity contribution in [2.24, 2.45) is 0 Å². The van der Waals surface area contributed by atoms with Crippen molar-refractivity contribution in [1.82, 2.24) is 20.2 Å². The number of tetrazole rings is 1. The lowest BCUT2D eigenvalue weighted by molar-refractivity contribution is 0.0696. The van der Waals surface area contributed by atoms with E-state index in [-0.39, 0.29) is 11.3 Å². The largest absolute Gasteiger partial charge is 0.478 e. The van der Waals surface area contributed by atoms with Crippen LogP contribution < -0.4 is 0 Å². The molecule has 0 radical (unpaired) electrons. The Morgan fingerprint density at radius 1 is 1.00 bits per heavy atom. The first kappa shape index (κ1) is 16.5. The molecule has 130 valence electrons. The number of nitrogens with zero attached hydrogens (tertiary/aromatic N) is 4. The maximum absolute atomic E-state index is 12.9. The number of aromatic carboxylic acids is 1. The van der Waals surface area contributed by atoms with Gasteiger partial charge in [-0.05, 0) is 47.5 Å². The Kier molecular flexibility index (Phi) is 4.04. The van der Waals surface area contributed by atoms with E-state index in [9.17, 15) is 9.59 Å². The number of ketones is 1. The molecule has 0 bridgehead atoms. The van der Waals surface area contributed by atoms with Crippen molar-refractivity contribution < 1.29 is 14.7 Å². The summed E-state index contributed by atoms with van der Waals surface area (Å²) < 4.78 is 0.990. The lowest BCUT2D eigenvalue weighted by atomic mass is 10.1. The Bertz CT molecular complexity index is 966. The number of thioether (sulfide) groups is 1. The quantitative estimate of drug-likeness (QED) is 0.670. The molecular weight excluding hydrogens is 352 g/mol. The number of carbonyl (C=O) groups is 2. The first-order valence-corrected chi connectivity index (χ1v) is 8.82. The van der Waals surface area contributed by atoms with E-state index in [2.05, 4.69) is 15.5 Å². The second kappa shape index (κ2) is 6.38. The molecule has 1 aromatic heterocycles. The standard InChI is InChI=1S/C18H14N4O3S/c23-15(12-4-2-1-3-5-12)18(10-11-18)26-17-19-20-21-22(17)14-8-6-13(7-9-14)16(24)25/h1-9H,10-11H2,(H,24,25). The third-order valence-corrected chi connectivity index (χ3v) is 5.66. The van der Waals surface area contributed by atoms with Crippen molar-refractivity contribution in [2.45, 2.75) is 22.7 Å². The highest BCUT2D eigenvalue weighted by Gasteiger charge is 2.52. The first-order valence-electron chi connectivity index (χ1n) is 8.00. The van der Waals surface area contributed by atoms with Gasteiger partial charge in [0.15, 0.2) is 5.78 Å². The molecule has 0 saturated heterocycles. The maximum Gasteiger partial charge on any atom is 0.335 e. The molecule has 2 aromatic carbocycles. The Hall–Kier alpha value is -3.00. The van der Waals surface area contributed by atoms with Crippen LogP contribution in [-0.2, 0) is 0 Å². The summed E-state index contributed by atoms with van der Waals surface area (Å²) >= 11 is 1.36. The Labute approximate surface area is 153 Å². The van der Waals surface area contributed by atoms with Crippen molar-refractivity contribution >= 4 is 23.5 Å². The predicted molar refractivity (Wildman–Crippen MR) is 94.7 cm³/mol. The number of benzene rings is 2. The number of hydrogen-bond acceptors (Lipinski definition) is 6. The van der Waals surface area contributed by atoms with Crippen LogP contribution in [0.2, 0.25) is 0 Å². The lowest BCUT2D eigenvalue weighted by Gasteiger charge is -2.13. The number of carbonyl (C=O) groups excluding carboxylic acids is 1. The van der Waals surface area contributed by atoms with Gasteiger partial charge in [-0.15, -0.1) is 5.10 Å². The van der Waals surface area contributed by atoms with Crippen molar-refractivity contribution in [2.75, 3.05) is 0 Å². The molecule has 0 unspecified atom stereocenters. The molecule has 1 aliphatic rings. The zero-order valence-corrected chi connectivity index (χ0v) is 14.4. The van der Waals surface area contributed by atoms with E-state index in [1.807, 2.05) is 30.3 Å². The fourth-order valence-electron chi connectivity index (χ4n) is 2.67. The minimum Gasteiger partial charge on any atom is -0.478 e. The predicted octanol–water partition coefficient (Wildman–Crippen LogP) is 2.87. The molecule has 0 aliphatic heterocycles. The number of rotatable bonds is 6. The smallest absolute Gasteiger partial charge is 0.335 e. The molecule has 0 amide bonds. The second-order valence-electron chi connectivity index (χ2n) is 6.02. The monoisotopic (exact) mass is 366 g/mol. The molecule has 1 N–H and O–H groups in total. The zero-order valence-electron chi connectivity index (χ0n) is 13.6. The highest BCUT2D eigenvalue weighted by molar-refractivity contribution is 8.01. The maximum atomic E-state index is 12.9. The van der Waals surface area contributed by atoms with E-state index < -0.39 is 10.7 Å². The molecule has 1 saturated carbocycles. The summed E-state index contributed by atoms with van der Waals surface area (Å²) in [7, 11) is 0. The molecule has 8 heteroatoms. The second-order valence-corrected chi connectivity index (χ2v) is 7.37.